The number of hydrogen-bond donors (Lipinski definition) is 2. The molecule has 130 valence electrons. The second-order valence-corrected chi connectivity index (χ2v) is 5.93. The van der Waals surface area contributed by atoms with Crippen LogP contribution in [0.5, 0.6) is 5.75 Å². The first-order valence-corrected chi connectivity index (χ1v) is 8.03. The van der Waals surface area contributed by atoms with Crippen molar-refractivity contribution in [2.24, 2.45) is 0 Å². The molecular weight excluding hydrogens is 327 g/mol. The van der Waals surface area contributed by atoms with Crippen LogP contribution in [0.15, 0.2) is 35.3 Å². The van der Waals surface area contributed by atoms with Crippen LogP contribution in [0.2, 0.25) is 0 Å². The van der Waals surface area contributed by atoms with Gasteiger partial charge in [-0.05, 0) is 18.6 Å². The summed E-state index contributed by atoms with van der Waals surface area (Å²) in [6.45, 7) is 2.09. The number of ether oxygens (including phenoxy) is 1. The summed E-state index contributed by atoms with van der Waals surface area (Å²) in [7, 11) is 0. The van der Waals surface area contributed by atoms with Crippen LogP contribution in [0, 0.1) is 5.82 Å². The summed E-state index contributed by atoms with van der Waals surface area (Å²) < 4.78 is 24.5. The third-order valence-corrected chi connectivity index (χ3v) is 4.16. The number of H-pyrrole nitrogens is 1. The number of benzene rings is 1. The zero-order chi connectivity index (χ0) is 17.2. The minimum atomic E-state index is -0.453. The normalized spacial score (nSPS) is 13.7. The van der Waals surface area contributed by atoms with E-state index in [4.69, 9.17) is 9.15 Å². The summed E-state index contributed by atoms with van der Waals surface area (Å²) in [5, 5.41) is 3.57. The van der Waals surface area contributed by atoms with E-state index in [2.05, 4.69) is 15.3 Å². The number of oxazole rings is 1. The van der Waals surface area contributed by atoms with E-state index in [9.17, 15) is 9.18 Å². The zero-order valence-electron chi connectivity index (χ0n) is 13.4. The summed E-state index contributed by atoms with van der Waals surface area (Å²) in [5.41, 5.74) is 2.13. The van der Waals surface area contributed by atoms with Gasteiger partial charge in [-0.2, -0.15) is 0 Å². The highest BCUT2D eigenvalue weighted by Crippen LogP contribution is 2.26. The largest absolute Gasteiger partial charge is 0.484 e. The Hall–Kier alpha value is -3.03. The SMILES string of the molecule is O=C(NCc1cc2cc(F)c(OCc3cocn3)cc2[nH]1)N1CCC1. The lowest BCUT2D eigenvalue weighted by Gasteiger charge is -2.30. The van der Waals surface area contributed by atoms with Crippen molar-refractivity contribution in [2.75, 3.05) is 13.1 Å². The van der Waals surface area contributed by atoms with Crippen LogP contribution >= 0.6 is 0 Å². The Morgan fingerprint density at radius 3 is 3.00 bits per heavy atom. The molecule has 4 rings (SSSR count). The molecule has 1 saturated heterocycles. The van der Waals surface area contributed by atoms with Gasteiger partial charge >= 0.3 is 6.03 Å². The molecule has 8 heteroatoms. The van der Waals surface area contributed by atoms with Crippen molar-refractivity contribution >= 4 is 16.9 Å². The molecule has 2 amide bonds. The number of aromatic nitrogens is 2. The fourth-order valence-corrected chi connectivity index (χ4v) is 2.66. The Kier molecular flexibility index (Phi) is 4.01. The monoisotopic (exact) mass is 344 g/mol. The maximum atomic E-state index is 14.2. The predicted molar refractivity (Wildman–Crippen MR) is 87.5 cm³/mol. The van der Waals surface area contributed by atoms with E-state index in [1.54, 1.807) is 11.0 Å². The van der Waals surface area contributed by atoms with Crippen LogP contribution in [0.1, 0.15) is 17.8 Å². The van der Waals surface area contributed by atoms with E-state index in [1.165, 1.54) is 18.7 Å². The first-order valence-electron chi connectivity index (χ1n) is 8.03. The highest BCUT2D eigenvalue weighted by Gasteiger charge is 2.19. The van der Waals surface area contributed by atoms with Crippen LogP contribution in [0.25, 0.3) is 10.9 Å². The Labute approximate surface area is 142 Å². The van der Waals surface area contributed by atoms with Crippen molar-refractivity contribution in [3.8, 4) is 5.75 Å². The molecule has 1 fully saturated rings. The highest BCUT2D eigenvalue weighted by molar-refractivity contribution is 5.82. The van der Waals surface area contributed by atoms with Gasteiger partial charge in [-0.15, -0.1) is 0 Å². The number of carbonyl (C=O) groups excluding carboxylic acids is 1. The number of urea groups is 1. The quantitative estimate of drug-likeness (QED) is 0.745. The molecule has 0 aliphatic carbocycles. The second-order valence-electron chi connectivity index (χ2n) is 5.93. The van der Waals surface area contributed by atoms with Gasteiger partial charge in [0, 0.05) is 35.8 Å². The third-order valence-electron chi connectivity index (χ3n) is 4.16. The number of likely N-dealkylation sites (tertiary alicyclic amines) is 1. The van der Waals surface area contributed by atoms with E-state index in [0.717, 1.165) is 36.1 Å². The van der Waals surface area contributed by atoms with Crippen molar-refractivity contribution in [2.45, 2.75) is 19.6 Å². The van der Waals surface area contributed by atoms with Crippen molar-refractivity contribution in [3.05, 3.63) is 48.1 Å². The van der Waals surface area contributed by atoms with Crippen molar-refractivity contribution in [1.29, 1.82) is 0 Å². The number of halogens is 1. The van der Waals surface area contributed by atoms with Gasteiger partial charge in [-0.1, -0.05) is 0 Å². The molecule has 2 N–H and O–H groups in total. The molecule has 1 aliphatic heterocycles. The molecule has 0 bridgehead atoms. The van der Waals surface area contributed by atoms with Gasteiger partial charge in [0.25, 0.3) is 0 Å². The van der Waals surface area contributed by atoms with Gasteiger partial charge < -0.3 is 24.4 Å². The lowest BCUT2D eigenvalue weighted by molar-refractivity contribution is 0.167. The van der Waals surface area contributed by atoms with E-state index in [0.29, 0.717) is 12.2 Å². The molecule has 0 atom stereocenters. The van der Waals surface area contributed by atoms with Crippen LogP contribution in [-0.2, 0) is 13.2 Å². The van der Waals surface area contributed by atoms with Crippen LogP contribution in [-0.4, -0.2) is 34.0 Å². The average molecular weight is 344 g/mol. The summed E-state index contributed by atoms with van der Waals surface area (Å²) in [5.74, 6) is -0.320. The molecule has 0 spiro atoms. The van der Waals surface area contributed by atoms with E-state index in [1.807, 2.05) is 6.07 Å². The average Bonchev–Trinajstić information content (AvgIpc) is 3.17. The molecule has 3 aromatic rings. The predicted octanol–water partition coefficient (Wildman–Crippen LogP) is 2.79. The van der Waals surface area contributed by atoms with E-state index < -0.39 is 5.82 Å². The van der Waals surface area contributed by atoms with Gasteiger partial charge in [0.05, 0.1) is 6.54 Å². The summed E-state index contributed by atoms with van der Waals surface area (Å²) in [4.78, 5) is 20.7. The number of nitrogens with zero attached hydrogens (tertiary/aromatic N) is 2. The molecule has 0 unspecified atom stereocenters. The Balaban J connectivity index is 1.45. The maximum absolute atomic E-state index is 14.2. The Bertz CT molecular complexity index is 887. The number of carbonyl (C=O) groups is 1. The second kappa shape index (κ2) is 6.46. The van der Waals surface area contributed by atoms with Gasteiger partial charge in [0.15, 0.2) is 18.0 Å². The van der Waals surface area contributed by atoms with Gasteiger partial charge in [-0.25, -0.2) is 14.2 Å². The van der Waals surface area contributed by atoms with Crippen molar-refractivity contribution < 1.29 is 18.3 Å². The number of amides is 2. The fourth-order valence-electron chi connectivity index (χ4n) is 2.66. The van der Waals surface area contributed by atoms with Crippen LogP contribution in [0.3, 0.4) is 0 Å². The minimum Gasteiger partial charge on any atom is -0.484 e. The minimum absolute atomic E-state index is 0.0762. The number of rotatable bonds is 5. The topological polar surface area (TPSA) is 83.4 Å². The standard InChI is InChI=1S/C17H17FN4O3/c18-14-5-11-4-12(7-19-17(23)22-2-1-3-22)21-15(11)6-16(14)25-9-13-8-24-10-20-13/h4-6,8,10,21H,1-3,7,9H2,(H,19,23). The number of aromatic amines is 1. The van der Waals surface area contributed by atoms with Crippen molar-refractivity contribution in [1.82, 2.24) is 20.2 Å². The summed E-state index contributed by atoms with van der Waals surface area (Å²) >= 11 is 0. The molecular formula is C17H17FN4O3. The molecule has 0 radical (unpaired) electrons. The molecule has 1 aliphatic rings. The first-order chi connectivity index (χ1) is 12.2. The number of hydrogen-bond acceptors (Lipinski definition) is 4. The molecule has 0 saturated carbocycles. The zero-order valence-corrected chi connectivity index (χ0v) is 13.4. The summed E-state index contributed by atoms with van der Waals surface area (Å²) in [6.07, 6.45) is 3.80. The van der Waals surface area contributed by atoms with Gasteiger partial charge in [0.1, 0.15) is 18.6 Å². The third kappa shape index (κ3) is 3.28. The highest BCUT2D eigenvalue weighted by atomic mass is 19.1. The van der Waals surface area contributed by atoms with Crippen molar-refractivity contribution in [3.63, 3.8) is 0 Å². The molecule has 25 heavy (non-hydrogen) atoms. The van der Waals surface area contributed by atoms with Crippen LogP contribution < -0.4 is 10.1 Å². The number of nitrogens with one attached hydrogen (secondary N) is 2. The lowest BCUT2D eigenvalue weighted by atomic mass is 10.2. The lowest BCUT2D eigenvalue weighted by Crippen LogP contribution is -2.47. The molecule has 2 aromatic heterocycles. The van der Waals surface area contributed by atoms with Crippen LogP contribution in [0.4, 0.5) is 9.18 Å². The number of fused-ring (bicyclic) bond motifs is 1. The maximum Gasteiger partial charge on any atom is 0.317 e. The fraction of sp³-hybridized carbons (Fsp3) is 0.294. The molecule has 7 nitrogen and oxygen atoms in total. The van der Waals surface area contributed by atoms with E-state index in [-0.39, 0.29) is 18.4 Å². The Morgan fingerprint density at radius 1 is 1.40 bits per heavy atom. The Morgan fingerprint density at radius 2 is 2.28 bits per heavy atom. The summed E-state index contributed by atoms with van der Waals surface area (Å²) in [6, 6.07) is 4.75. The molecule has 3 heterocycles. The van der Waals surface area contributed by atoms with E-state index >= 15 is 0 Å². The smallest absolute Gasteiger partial charge is 0.317 e. The first kappa shape index (κ1) is 15.5. The van der Waals surface area contributed by atoms with Gasteiger partial charge in [0.2, 0.25) is 0 Å². The van der Waals surface area contributed by atoms with Gasteiger partial charge in [-0.3, -0.25) is 0 Å². The molecule has 1 aromatic carbocycles.